The van der Waals surface area contributed by atoms with Crippen LogP contribution < -0.4 is 10.2 Å². The summed E-state index contributed by atoms with van der Waals surface area (Å²) >= 11 is 0. The van der Waals surface area contributed by atoms with E-state index in [2.05, 4.69) is 4.72 Å². The van der Waals surface area contributed by atoms with Crippen LogP contribution in [0, 0.1) is 0 Å². The first-order chi connectivity index (χ1) is 7.15. The quantitative estimate of drug-likeness (QED) is 0.438. The topological polar surface area (TPSA) is 89.8 Å². The van der Waals surface area contributed by atoms with Crippen LogP contribution in [0.4, 0.5) is 0 Å². The second-order valence-corrected chi connectivity index (χ2v) is 4.13. The maximum Gasteiger partial charge on any atom is 0.488 e. The van der Waals surface area contributed by atoms with Gasteiger partial charge >= 0.3 is 7.12 Å². The van der Waals surface area contributed by atoms with Gasteiger partial charge in [0.1, 0.15) is 11.0 Å². The van der Waals surface area contributed by atoms with Crippen LogP contribution in [-0.2, 0) is 11.0 Å². The molecule has 4 N–H and O–H groups in total. The molecule has 1 aromatic rings. The molecule has 82 valence electrons. The molecule has 0 saturated heterocycles. The lowest BCUT2D eigenvalue weighted by Crippen LogP contribution is -2.29. The minimum Gasteiger partial charge on any atom is -0.423 e. The van der Waals surface area contributed by atoms with Crippen LogP contribution in [0.1, 0.15) is 0 Å². The number of aliphatic hydroxyl groups is 1. The Balaban J connectivity index is 2.67. The molecule has 1 rings (SSSR count). The Kier molecular flexibility index (Phi) is 4.93. The number of hydrogen-bond acceptors (Lipinski definition) is 4. The largest absolute Gasteiger partial charge is 0.488 e. The van der Waals surface area contributed by atoms with Crippen LogP contribution in [0.5, 0.6) is 0 Å². The van der Waals surface area contributed by atoms with Crippen molar-refractivity contribution < 1.29 is 19.4 Å². The van der Waals surface area contributed by atoms with Crippen molar-refractivity contribution in [2.24, 2.45) is 0 Å². The molecule has 0 aliphatic heterocycles. The summed E-state index contributed by atoms with van der Waals surface area (Å²) in [4.78, 5) is 0.521. The molecular weight excluding hydrogens is 217 g/mol. The molecule has 1 atom stereocenters. The van der Waals surface area contributed by atoms with Gasteiger partial charge in [0.2, 0.25) is 0 Å². The summed E-state index contributed by atoms with van der Waals surface area (Å²) in [5, 5.41) is 26.2. The van der Waals surface area contributed by atoms with Crippen molar-refractivity contribution in [1.29, 1.82) is 0 Å². The van der Waals surface area contributed by atoms with Crippen molar-refractivity contribution in [2.45, 2.75) is 4.90 Å². The van der Waals surface area contributed by atoms with Gasteiger partial charge in [-0.3, -0.25) is 0 Å². The third-order valence-corrected chi connectivity index (χ3v) is 2.90. The van der Waals surface area contributed by atoms with Crippen LogP contribution in [-0.4, -0.2) is 39.6 Å². The monoisotopic (exact) mass is 229 g/mol. The van der Waals surface area contributed by atoms with Gasteiger partial charge in [0, 0.05) is 6.54 Å². The zero-order valence-electron chi connectivity index (χ0n) is 7.96. The van der Waals surface area contributed by atoms with Crippen molar-refractivity contribution in [3.63, 3.8) is 0 Å². The summed E-state index contributed by atoms with van der Waals surface area (Å²) in [6.45, 7) is 0.163. The number of benzene rings is 1. The zero-order valence-corrected chi connectivity index (χ0v) is 8.78. The van der Waals surface area contributed by atoms with E-state index in [0.29, 0.717) is 10.4 Å². The summed E-state index contributed by atoms with van der Waals surface area (Å²) in [6, 6.07) is 6.04. The Labute approximate surface area is 90.5 Å². The van der Waals surface area contributed by atoms with E-state index in [0.717, 1.165) is 0 Å². The highest BCUT2D eigenvalue weighted by Gasteiger charge is 2.11. The van der Waals surface area contributed by atoms with E-state index in [4.69, 9.17) is 15.2 Å². The minimum atomic E-state index is -1.52. The fourth-order valence-corrected chi connectivity index (χ4v) is 1.81. The van der Waals surface area contributed by atoms with Crippen LogP contribution in [0.3, 0.4) is 0 Å². The van der Waals surface area contributed by atoms with Gasteiger partial charge in [-0.2, -0.15) is 0 Å². The van der Waals surface area contributed by atoms with Crippen molar-refractivity contribution in [1.82, 2.24) is 4.72 Å². The molecular formula is C8H12BNO4S. The number of aliphatic hydroxyl groups excluding tert-OH is 1. The Morgan fingerprint density at radius 2 is 1.87 bits per heavy atom. The SMILES string of the molecule is O=S(NCCO)c1ccc(B(O)O)cc1. The van der Waals surface area contributed by atoms with Gasteiger partial charge in [-0.25, -0.2) is 8.93 Å². The average Bonchev–Trinajstić information content (AvgIpc) is 2.26. The van der Waals surface area contributed by atoms with Crippen LogP contribution in [0.2, 0.25) is 0 Å². The molecule has 7 heteroatoms. The van der Waals surface area contributed by atoms with E-state index in [1.54, 1.807) is 0 Å². The van der Waals surface area contributed by atoms with Crippen LogP contribution in [0.25, 0.3) is 0 Å². The maximum absolute atomic E-state index is 11.4. The molecule has 1 aromatic carbocycles. The molecule has 0 fully saturated rings. The number of hydrogen-bond donors (Lipinski definition) is 4. The Morgan fingerprint density at radius 1 is 1.27 bits per heavy atom. The highest BCUT2D eigenvalue weighted by atomic mass is 32.2. The lowest BCUT2D eigenvalue weighted by atomic mass is 9.81. The van der Waals surface area contributed by atoms with E-state index in [1.807, 2.05) is 0 Å². The first-order valence-electron chi connectivity index (χ1n) is 4.37. The molecule has 5 nitrogen and oxygen atoms in total. The Bertz CT molecular complexity index is 330. The molecule has 15 heavy (non-hydrogen) atoms. The number of rotatable bonds is 5. The molecule has 0 spiro atoms. The summed E-state index contributed by atoms with van der Waals surface area (Å²) in [6.07, 6.45) is 0. The average molecular weight is 229 g/mol. The second-order valence-electron chi connectivity index (χ2n) is 2.83. The first-order valence-corrected chi connectivity index (χ1v) is 5.52. The highest BCUT2D eigenvalue weighted by molar-refractivity contribution is 7.83. The minimum absolute atomic E-state index is 0.0841. The predicted molar refractivity (Wildman–Crippen MR) is 57.8 cm³/mol. The van der Waals surface area contributed by atoms with Crippen molar-refractivity contribution >= 4 is 23.6 Å². The van der Waals surface area contributed by atoms with Gasteiger partial charge in [-0.1, -0.05) is 12.1 Å². The van der Waals surface area contributed by atoms with E-state index in [-0.39, 0.29) is 13.2 Å². The van der Waals surface area contributed by atoms with E-state index < -0.39 is 18.1 Å². The van der Waals surface area contributed by atoms with Crippen molar-refractivity contribution in [3.8, 4) is 0 Å². The van der Waals surface area contributed by atoms with E-state index in [1.165, 1.54) is 24.3 Å². The lowest BCUT2D eigenvalue weighted by molar-refractivity contribution is 0.302. The molecule has 0 amide bonds. The molecule has 0 aromatic heterocycles. The predicted octanol–water partition coefficient (Wildman–Crippen LogP) is -2.03. The number of nitrogens with one attached hydrogen (secondary N) is 1. The van der Waals surface area contributed by atoms with Gasteiger partial charge in [-0.15, -0.1) is 0 Å². The highest BCUT2D eigenvalue weighted by Crippen LogP contribution is 2.01. The summed E-state index contributed by atoms with van der Waals surface area (Å²) in [5.74, 6) is 0. The Hall–Kier alpha value is -0.725. The van der Waals surface area contributed by atoms with Gasteiger partial charge < -0.3 is 15.2 Å². The van der Waals surface area contributed by atoms with Crippen molar-refractivity contribution in [3.05, 3.63) is 24.3 Å². The summed E-state index contributed by atoms with van der Waals surface area (Å²) < 4.78 is 14.0. The lowest BCUT2D eigenvalue weighted by Gasteiger charge is -2.04. The summed E-state index contributed by atoms with van der Waals surface area (Å²) in [5.41, 5.74) is 0.345. The van der Waals surface area contributed by atoms with Gasteiger partial charge in [-0.05, 0) is 17.6 Å². The molecule has 0 bridgehead atoms. The van der Waals surface area contributed by atoms with E-state index in [9.17, 15) is 4.21 Å². The molecule has 0 heterocycles. The maximum atomic E-state index is 11.4. The van der Waals surface area contributed by atoms with Gasteiger partial charge in [0.15, 0.2) is 0 Å². The zero-order chi connectivity index (χ0) is 11.3. The normalized spacial score (nSPS) is 12.5. The third-order valence-electron chi connectivity index (χ3n) is 1.74. The smallest absolute Gasteiger partial charge is 0.423 e. The Morgan fingerprint density at radius 3 is 2.33 bits per heavy atom. The second kappa shape index (κ2) is 5.99. The molecule has 0 radical (unpaired) electrons. The van der Waals surface area contributed by atoms with Crippen LogP contribution >= 0.6 is 0 Å². The van der Waals surface area contributed by atoms with Crippen LogP contribution in [0.15, 0.2) is 29.2 Å². The molecule has 1 unspecified atom stereocenters. The molecule has 0 saturated carbocycles. The summed E-state index contributed by atoms with van der Waals surface area (Å²) in [7, 11) is -2.89. The van der Waals surface area contributed by atoms with Crippen molar-refractivity contribution in [2.75, 3.05) is 13.2 Å². The first kappa shape index (κ1) is 12.3. The van der Waals surface area contributed by atoms with Gasteiger partial charge in [0.05, 0.1) is 11.5 Å². The fraction of sp³-hybridized carbons (Fsp3) is 0.250. The molecule has 0 aliphatic carbocycles. The standard InChI is InChI=1S/C8H12BNO4S/c11-6-5-10-15(14)8-3-1-7(2-4-8)9(12)13/h1-4,10-13H,5-6H2. The molecule has 0 aliphatic rings. The van der Waals surface area contributed by atoms with E-state index >= 15 is 0 Å². The third kappa shape index (κ3) is 3.73. The van der Waals surface area contributed by atoms with Gasteiger partial charge in [0.25, 0.3) is 0 Å². The fourth-order valence-electron chi connectivity index (χ4n) is 0.985.